The van der Waals surface area contributed by atoms with Crippen LogP contribution in [0, 0.1) is 5.92 Å². The van der Waals surface area contributed by atoms with Gasteiger partial charge in [-0.05, 0) is 43.5 Å². The molecule has 122 valence electrons. The Labute approximate surface area is 143 Å². The van der Waals surface area contributed by atoms with E-state index in [9.17, 15) is 0 Å². The molecule has 1 aliphatic carbocycles. The summed E-state index contributed by atoms with van der Waals surface area (Å²) < 4.78 is 0. The molecule has 3 heteroatoms. The standard InChI is InChI=1S/C12H10S.C8H15NO/c1-3-7-11(8-4-1)13-12-9-5-2-6-10-12;1-7(9-10)6-8-4-2-3-5-8/h1-10H;8,10H,2-6H2,1H3. The number of hydrogen-bond donors (Lipinski definition) is 1. The van der Waals surface area contributed by atoms with Crippen molar-refractivity contribution in [2.45, 2.75) is 48.8 Å². The van der Waals surface area contributed by atoms with Gasteiger partial charge in [0.15, 0.2) is 0 Å². The third-order valence-electron chi connectivity index (χ3n) is 3.95. The molecule has 3 rings (SSSR count). The fourth-order valence-corrected chi connectivity index (χ4v) is 3.64. The lowest BCUT2D eigenvalue weighted by atomic mass is 10.0. The summed E-state index contributed by atoms with van der Waals surface area (Å²) >= 11 is 1.79. The Morgan fingerprint density at radius 3 is 1.87 bits per heavy atom. The van der Waals surface area contributed by atoms with Crippen LogP contribution in [0.2, 0.25) is 0 Å². The minimum absolute atomic E-state index is 0.802. The van der Waals surface area contributed by atoms with Crippen LogP contribution in [0.25, 0.3) is 0 Å². The lowest BCUT2D eigenvalue weighted by Gasteiger charge is -2.05. The molecule has 0 bridgehead atoms. The Kier molecular flexibility index (Phi) is 7.74. The summed E-state index contributed by atoms with van der Waals surface area (Å²) in [6.45, 7) is 1.89. The van der Waals surface area contributed by atoms with Crippen molar-refractivity contribution in [1.29, 1.82) is 0 Å². The Bertz CT molecular complexity index is 540. The van der Waals surface area contributed by atoms with Gasteiger partial charge in [-0.3, -0.25) is 0 Å². The lowest BCUT2D eigenvalue weighted by Crippen LogP contribution is -2.00. The highest BCUT2D eigenvalue weighted by Crippen LogP contribution is 2.27. The van der Waals surface area contributed by atoms with E-state index in [0.29, 0.717) is 0 Å². The van der Waals surface area contributed by atoms with Gasteiger partial charge in [-0.1, -0.05) is 79.0 Å². The van der Waals surface area contributed by atoms with Gasteiger partial charge in [0.2, 0.25) is 0 Å². The minimum atomic E-state index is 0.802. The van der Waals surface area contributed by atoms with Crippen LogP contribution in [0.5, 0.6) is 0 Å². The molecule has 0 unspecified atom stereocenters. The van der Waals surface area contributed by atoms with Crippen molar-refractivity contribution in [1.82, 2.24) is 0 Å². The second-order valence-corrected chi connectivity index (χ2v) is 7.06. The van der Waals surface area contributed by atoms with Gasteiger partial charge in [0.1, 0.15) is 0 Å². The highest BCUT2D eigenvalue weighted by atomic mass is 32.2. The average molecular weight is 327 g/mol. The van der Waals surface area contributed by atoms with Crippen LogP contribution in [-0.4, -0.2) is 10.9 Å². The van der Waals surface area contributed by atoms with Crippen molar-refractivity contribution >= 4 is 17.5 Å². The maximum absolute atomic E-state index is 8.38. The van der Waals surface area contributed by atoms with Gasteiger partial charge >= 0.3 is 0 Å². The quantitative estimate of drug-likeness (QED) is 0.408. The van der Waals surface area contributed by atoms with Crippen LogP contribution >= 0.6 is 11.8 Å². The fourth-order valence-electron chi connectivity index (χ4n) is 2.79. The SMILES string of the molecule is CC(CC1CCCC1)=NO.c1ccc(Sc2ccccc2)cc1. The summed E-state index contributed by atoms with van der Waals surface area (Å²) in [7, 11) is 0. The minimum Gasteiger partial charge on any atom is -0.411 e. The van der Waals surface area contributed by atoms with E-state index in [1.54, 1.807) is 11.8 Å². The van der Waals surface area contributed by atoms with Crippen molar-refractivity contribution in [3.8, 4) is 0 Å². The zero-order chi connectivity index (χ0) is 16.3. The number of oxime groups is 1. The Morgan fingerprint density at radius 1 is 0.957 bits per heavy atom. The maximum Gasteiger partial charge on any atom is 0.0542 e. The number of nitrogens with zero attached hydrogens (tertiary/aromatic N) is 1. The van der Waals surface area contributed by atoms with Gasteiger partial charge in [0.25, 0.3) is 0 Å². The first-order valence-corrected chi connectivity index (χ1v) is 9.05. The molecule has 2 aromatic carbocycles. The molecule has 1 saturated carbocycles. The smallest absolute Gasteiger partial charge is 0.0542 e. The Morgan fingerprint density at radius 2 is 1.43 bits per heavy atom. The zero-order valence-corrected chi connectivity index (χ0v) is 14.5. The van der Waals surface area contributed by atoms with Crippen LogP contribution in [0.4, 0.5) is 0 Å². The second-order valence-electron chi connectivity index (χ2n) is 5.92. The van der Waals surface area contributed by atoms with Gasteiger partial charge in [-0.2, -0.15) is 0 Å². The highest BCUT2D eigenvalue weighted by Gasteiger charge is 2.15. The average Bonchev–Trinajstić information content (AvgIpc) is 3.10. The molecule has 0 aliphatic heterocycles. The summed E-state index contributed by atoms with van der Waals surface area (Å²) in [6.07, 6.45) is 6.38. The molecule has 0 heterocycles. The molecule has 0 atom stereocenters. The molecular formula is C20H25NOS. The van der Waals surface area contributed by atoms with E-state index in [1.807, 2.05) is 19.1 Å². The Hall–Kier alpha value is -1.74. The molecule has 23 heavy (non-hydrogen) atoms. The molecule has 1 N–H and O–H groups in total. The largest absolute Gasteiger partial charge is 0.411 e. The summed E-state index contributed by atoms with van der Waals surface area (Å²) in [5, 5.41) is 11.6. The lowest BCUT2D eigenvalue weighted by molar-refractivity contribution is 0.315. The molecule has 0 aromatic heterocycles. The highest BCUT2D eigenvalue weighted by molar-refractivity contribution is 7.99. The molecule has 0 radical (unpaired) electrons. The molecule has 2 nitrogen and oxygen atoms in total. The number of benzene rings is 2. The summed E-state index contributed by atoms with van der Waals surface area (Å²) in [5.74, 6) is 0.802. The first-order chi connectivity index (χ1) is 11.3. The van der Waals surface area contributed by atoms with Gasteiger partial charge in [-0.15, -0.1) is 0 Å². The zero-order valence-electron chi connectivity index (χ0n) is 13.7. The normalized spacial score (nSPS) is 15.1. The van der Waals surface area contributed by atoms with Crippen molar-refractivity contribution < 1.29 is 5.21 Å². The topological polar surface area (TPSA) is 32.6 Å². The maximum atomic E-state index is 8.38. The predicted molar refractivity (Wildman–Crippen MR) is 98.5 cm³/mol. The molecular weight excluding hydrogens is 302 g/mol. The van der Waals surface area contributed by atoms with Crippen molar-refractivity contribution in [3.63, 3.8) is 0 Å². The summed E-state index contributed by atoms with van der Waals surface area (Å²) in [6, 6.07) is 20.8. The number of rotatable bonds is 4. The van der Waals surface area contributed by atoms with Crippen LogP contribution < -0.4 is 0 Å². The van der Waals surface area contributed by atoms with Crippen LogP contribution in [0.1, 0.15) is 39.0 Å². The van der Waals surface area contributed by atoms with Crippen LogP contribution in [-0.2, 0) is 0 Å². The van der Waals surface area contributed by atoms with E-state index in [4.69, 9.17) is 5.21 Å². The van der Waals surface area contributed by atoms with Crippen molar-refractivity contribution in [2.75, 3.05) is 0 Å². The first-order valence-electron chi connectivity index (χ1n) is 8.23. The summed E-state index contributed by atoms with van der Waals surface area (Å²) in [5.41, 5.74) is 0.881. The van der Waals surface area contributed by atoms with Gasteiger partial charge in [0.05, 0.1) is 5.71 Å². The molecule has 0 amide bonds. The van der Waals surface area contributed by atoms with Gasteiger partial charge in [0, 0.05) is 9.79 Å². The third kappa shape index (κ3) is 6.91. The summed E-state index contributed by atoms with van der Waals surface area (Å²) in [4.78, 5) is 2.57. The third-order valence-corrected chi connectivity index (χ3v) is 4.97. The van der Waals surface area contributed by atoms with Crippen LogP contribution in [0.15, 0.2) is 75.6 Å². The monoisotopic (exact) mass is 327 g/mol. The van der Waals surface area contributed by atoms with Crippen molar-refractivity contribution in [2.24, 2.45) is 11.1 Å². The van der Waals surface area contributed by atoms with Crippen LogP contribution in [0.3, 0.4) is 0 Å². The molecule has 2 aromatic rings. The second kappa shape index (κ2) is 10.1. The van der Waals surface area contributed by atoms with E-state index in [0.717, 1.165) is 18.1 Å². The predicted octanol–water partition coefficient (Wildman–Crippen LogP) is 6.25. The molecule has 0 saturated heterocycles. The first kappa shape index (κ1) is 17.6. The van der Waals surface area contributed by atoms with Crippen molar-refractivity contribution in [3.05, 3.63) is 60.7 Å². The molecule has 1 aliphatic rings. The van der Waals surface area contributed by atoms with Gasteiger partial charge in [-0.25, -0.2) is 0 Å². The van der Waals surface area contributed by atoms with E-state index >= 15 is 0 Å². The number of hydrogen-bond acceptors (Lipinski definition) is 3. The van der Waals surface area contributed by atoms with E-state index in [1.165, 1.54) is 35.5 Å². The van der Waals surface area contributed by atoms with E-state index in [2.05, 4.69) is 53.7 Å². The molecule has 0 spiro atoms. The van der Waals surface area contributed by atoms with Gasteiger partial charge < -0.3 is 5.21 Å². The van der Waals surface area contributed by atoms with E-state index in [-0.39, 0.29) is 0 Å². The Balaban J connectivity index is 0.000000174. The fraction of sp³-hybridized carbons (Fsp3) is 0.350. The molecule has 1 fully saturated rings. The van der Waals surface area contributed by atoms with E-state index < -0.39 is 0 Å².